The maximum atomic E-state index is 13.9. The number of nitrogens with one attached hydrogen (secondary N) is 1. The van der Waals surface area contributed by atoms with Crippen LogP contribution < -0.4 is 4.72 Å². The normalized spacial score (nSPS) is 13.1. The van der Waals surface area contributed by atoms with Gasteiger partial charge in [-0.3, -0.25) is 14.9 Å². The molecule has 0 heterocycles. The highest BCUT2D eigenvalue weighted by Crippen LogP contribution is 2.29. The summed E-state index contributed by atoms with van der Waals surface area (Å²) in [7, 11) is -4.56. The van der Waals surface area contributed by atoms with E-state index in [-0.39, 0.29) is 12.3 Å². The molecule has 11 heteroatoms. The lowest BCUT2D eigenvalue weighted by Crippen LogP contribution is -2.41. The molecule has 23 heavy (non-hydrogen) atoms. The molecule has 0 spiro atoms. The number of benzene rings is 1. The van der Waals surface area contributed by atoms with Gasteiger partial charge >= 0.3 is 5.97 Å². The molecular formula is C12H14ClFN2O6S. The van der Waals surface area contributed by atoms with Gasteiger partial charge in [-0.05, 0) is 18.4 Å². The van der Waals surface area contributed by atoms with Crippen molar-refractivity contribution in [2.45, 2.75) is 31.2 Å². The van der Waals surface area contributed by atoms with Gasteiger partial charge < -0.3 is 5.11 Å². The summed E-state index contributed by atoms with van der Waals surface area (Å²) in [6.07, 6.45) is -0.0170. The van der Waals surface area contributed by atoms with Gasteiger partial charge in [-0.1, -0.05) is 25.4 Å². The summed E-state index contributed by atoms with van der Waals surface area (Å²) in [4.78, 5) is 19.8. The molecule has 0 bridgehead atoms. The molecule has 128 valence electrons. The molecule has 0 saturated carbocycles. The van der Waals surface area contributed by atoms with Crippen molar-refractivity contribution in [2.75, 3.05) is 0 Å². The minimum atomic E-state index is -4.56. The predicted octanol–water partition coefficient (Wildman–Crippen LogP) is 2.16. The van der Waals surface area contributed by atoms with Crippen LogP contribution in [0.1, 0.15) is 20.3 Å². The van der Waals surface area contributed by atoms with E-state index in [2.05, 4.69) is 0 Å². The molecule has 0 saturated heterocycles. The minimum Gasteiger partial charge on any atom is -0.480 e. The Labute approximate surface area is 136 Å². The van der Waals surface area contributed by atoms with Crippen molar-refractivity contribution >= 4 is 33.3 Å². The van der Waals surface area contributed by atoms with E-state index in [0.717, 1.165) is 0 Å². The van der Waals surface area contributed by atoms with Crippen LogP contribution >= 0.6 is 11.6 Å². The van der Waals surface area contributed by atoms with Crippen LogP contribution in [0.2, 0.25) is 5.02 Å². The fraction of sp³-hybridized carbons (Fsp3) is 0.417. The van der Waals surface area contributed by atoms with Crippen LogP contribution in [0.5, 0.6) is 0 Å². The summed E-state index contributed by atoms with van der Waals surface area (Å²) in [5.41, 5.74) is -0.792. The van der Waals surface area contributed by atoms with Crippen LogP contribution in [0.4, 0.5) is 10.1 Å². The zero-order valence-corrected chi connectivity index (χ0v) is 13.7. The van der Waals surface area contributed by atoms with Crippen molar-refractivity contribution in [2.24, 2.45) is 5.92 Å². The van der Waals surface area contributed by atoms with Crippen molar-refractivity contribution in [3.63, 3.8) is 0 Å². The molecule has 1 rings (SSSR count). The lowest BCUT2D eigenvalue weighted by atomic mass is 10.1. The van der Waals surface area contributed by atoms with E-state index < -0.39 is 48.4 Å². The van der Waals surface area contributed by atoms with Gasteiger partial charge in [0.05, 0.1) is 11.0 Å². The third kappa shape index (κ3) is 4.85. The van der Waals surface area contributed by atoms with Gasteiger partial charge in [-0.15, -0.1) is 0 Å². The molecule has 1 aromatic rings. The third-order valence-corrected chi connectivity index (χ3v) is 4.58. The van der Waals surface area contributed by atoms with E-state index in [1.54, 1.807) is 13.8 Å². The highest BCUT2D eigenvalue weighted by Gasteiger charge is 2.30. The van der Waals surface area contributed by atoms with Crippen LogP contribution in [0.15, 0.2) is 17.0 Å². The number of nitrogens with zero attached hydrogens (tertiary/aromatic N) is 1. The summed E-state index contributed by atoms with van der Waals surface area (Å²) in [6, 6.07) is -0.519. The second kappa shape index (κ2) is 7.20. The first-order valence-corrected chi connectivity index (χ1v) is 8.20. The zero-order chi connectivity index (χ0) is 17.9. The van der Waals surface area contributed by atoms with Crippen molar-refractivity contribution < 1.29 is 27.6 Å². The van der Waals surface area contributed by atoms with Gasteiger partial charge in [0.1, 0.15) is 21.8 Å². The van der Waals surface area contributed by atoms with E-state index in [9.17, 15) is 27.7 Å². The van der Waals surface area contributed by atoms with E-state index in [4.69, 9.17) is 16.7 Å². The highest BCUT2D eigenvalue weighted by atomic mass is 35.5. The smallest absolute Gasteiger partial charge is 0.321 e. The van der Waals surface area contributed by atoms with Gasteiger partial charge in [0, 0.05) is 0 Å². The summed E-state index contributed by atoms with van der Waals surface area (Å²) in [5.74, 6) is -2.96. The number of carboxylic acid groups (broad SMARTS) is 1. The number of nitro groups is 1. The van der Waals surface area contributed by atoms with E-state index in [1.165, 1.54) is 0 Å². The molecule has 0 aliphatic rings. The molecule has 8 nitrogen and oxygen atoms in total. The molecule has 0 unspecified atom stereocenters. The van der Waals surface area contributed by atoms with Crippen molar-refractivity contribution in [1.82, 2.24) is 4.72 Å². The Morgan fingerprint density at radius 2 is 2.04 bits per heavy atom. The topological polar surface area (TPSA) is 127 Å². The third-order valence-electron chi connectivity index (χ3n) is 2.79. The molecule has 0 aromatic heterocycles. The molecular weight excluding hydrogens is 355 g/mol. The molecule has 0 fully saturated rings. The summed E-state index contributed by atoms with van der Waals surface area (Å²) < 4.78 is 40.0. The summed E-state index contributed by atoms with van der Waals surface area (Å²) >= 11 is 5.57. The zero-order valence-electron chi connectivity index (χ0n) is 12.1. The van der Waals surface area contributed by atoms with Crippen molar-refractivity contribution in [3.8, 4) is 0 Å². The number of carboxylic acids is 1. The Balaban J connectivity index is 3.25. The Kier molecular flexibility index (Phi) is 6.03. The van der Waals surface area contributed by atoms with Gasteiger partial charge in [-0.25, -0.2) is 12.8 Å². The number of hydrogen-bond donors (Lipinski definition) is 2. The fourth-order valence-corrected chi connectivity index (χ4v) is 3.37. The largest absolute Gasteiger partial charge is 0.480 e. The molecule has 0 aliphatic heterocycles. The fourth-order valence-electron chi connectivity index (χ4n) is 1.79. The Bertz CT molecular complexity index is 737. The minimum absolute atomic E-state index is 0.0170. The lowest BCUT2D eigenvalue weighted by molar-refractivity contribution is -0.384. The number of hydrogen-bond acceptors (Lipinski definition) is 5. The second-order valence-electron chi connectivity index (χ2n) is 5.13. The second-order valence-corrected chi connectivity index (χ2v) is 7.22. The molecule has 0 radical (unpaired) electrons. The Morgan fingerprint density at radius 3 is 2.48 bits per heavy atom. The first-order chi connectivity index (χ1) is 10.5. The van der Waals surface area contributed by atoms with Gasteiger partial charge in [0.15, 0.2) is 0 Å². The maximum Gasteiger partial charge on any atom is 0.321 e. The quantitative estimate of drug-likeness (QED) is 0.561. The van der Waals surface area contributed by atoms with Crippen LogP contribution in [0.25, 0.3) is 0 Å². The molecule has 0 amide bonds. The lowest BCUT2D eigenvalue weighted by Gasteiger charge is -2.17. The average molecular weight is 369 g/mol. The number of aliphatic carboxylic acids is 1. The van der Waals surface area contributed by atoms with Crippen LogP contribution in [-0.4, -0.2) is 30.5 Å². The Morgan fingerprint density at radius 1 is 1.48 bits per heavy atom. The van der Waals surface area contributed by atoms with Crippen molar-refractivity contribution in [3.05, 3.63) is 33.1 Å². The first kappa shape index (κ1) is 19.3. The van der Waals surface area contributed by atoms with E-state index in [1.807, 2.05) is 4.72 Å². The number of rotatable bonds is 7. The van der Waals surface area contributed by atoms with E-state index >= 15 is 0 Å². The highest BCUT2D eigenvalue weighted by molar-refractivity contribution is 7.89. The predicted molar refractivity (Wildman–Crippen MR) is 79.3 cm³/mol. The summed E-state index contributed by atoms with van der Waals surface area (Å²) in [5, 5.41) is 19.1. The monoisotopic (exact) mass is 368 g/mol. The standard InChI is InChI=1S/C12H14ClFN2O6S/c1-6(2)3-9(12(17)18)15-23(21,22)11-4-7(13)10(16(19)20)5-8(11)14/h4-6,9,15H,3H2,1-2H3,(H,17,18)/t9-/m0/s1. The first-order valence-electron chi connectivity index (χ1n) is 6.34. The van der Waals surface area contributed by atoms with Crippen molar-refractivity contribution in [1.29, 1.82) is 0 Å². The SMILES string of the molecule is CC(C)C[C@H](NS(=O)(=O)c1cc(Cl)c([N+](=O)[O-])cc1F)C(=O)O. The number of carbonyl (C=O) groups is 1. The van der Waals surface area contributed by atoms with Gasteiger partial charge in [-0.2, -0.15) is 4.72 Å². The maximum absolute atomic E-state index is 13.9. The molecule has 2 N–H and O–H groups in total. The van der Waals surface area contributed by atoms with Gasteiger partial charge in [0.25, 0.3) is 5.69 Å². The summed E-state index contributed by atoms with van der Waals surface area (Å²) in [6.45, 7) is 3.38. The Hall–Kier alpha value is -1.78. The number of halogens is 2. The number of sulfonamides is 1. The molecule has 1 aromatic carbocycles. The molecule has 0 aliphatic carbocycles. The van der Waals surface area contributed by atoms with Crippen LogP contribution in [0.3, 0.4) is 0 Å². The van der Waals surface area contributed by atoms with Crippen LogP contribution in [0, 0.1) is 21.8 Å². The molecule has 1 atom stereocenters. The van der Waals surface area contributed by atoms with Crippen LogP contribution in [-0.2, 0) is 14.8 Å². The number of nitro benzene ring substituents is 1. The van der Waals surface area contributed by atoms with Gasteiger partial charge in [0.2, 0.25) is 10.0 Å². The average Bonchev–Trinajstić information content (AvgIpc) is 2.38. The van der Waals surface area contributed by atoms with E-state index in [0.29, 0.717) is 12.1 Å².